The van der Waals surface area contributed by atoms with Gasteiger partial charge in [0.05, 0.1) is 11.1 Å². The fourth-order valence-corrected chi connectivity index (χ4v) is 2.67. The van der Waals surface area contributed by atoms with E-state index in [1.807, 2.05) is 4.72 Å². The summed E-state index contributed by atoms with van der Waals surface area (Å²) in [6.07, 6.45) is 1.32. The summed E-state index contributed by atoms with van der Waals surface area (Å²) in [5.41, 5.74) is -0.714. The minimum Gasteiger partial charge on any atom is -0.263 e. The molecular weight excluding hydrogens is 310 g/mol. The molecule has 0 aliphatic heterocycles. The van der Waals surface area contributed by atoms with Gasteiger partial charge < -0.3 is 0 Å². The van der Waals surface area contributed by atoms with Gasteiger partial charge in [-0.1, -0.05) is 0 Å². The molecule has 21 heavy (non-hydrogen) atoms. The second-order valence-electron chi connectivity index (χ2n) is 4.02. The van der Waals surface area contributed by atoms with E-state index in [1.54, 1.807) is 0 Å². The van der Waals surface area contributed by atoms with Crippen LogP contribution in [0.25, 0.3) is 0 Å². The van der Waals surface area contributed by atoms with Gasteiger partial charge in [-0.25, -0.2) is 12.8 Å². The van der Waals surface area contributed by atoms with Crippen LogP contribution >= 0.6 is 0 Å². The number of aryl methyl sites for hydroxylation is 1. The van der Waals surface area contributed by atoms with E-state index in [0.29, 0.717) is 11.6 Å². The molecule has 1 heterocycles. The van der Waals surface area contributed by atoms with Crippen LogP contribution in [0.3, 0.4) is 0 Å². The van der Waals surface area contributed by atoms with Crippen LogP contribution in [-0.2, 0) is 10.0 Å². The molecule has 0 unspecified atom stereocenters. The molecule has 2 rings (SSSR count). The van der Waals surface area contributed by atoms with E-state index in [-0.39, 0.29) is 11.9 Å². The Morgan fingerprint density at radius 2 is 2.00 bits per heavy atom. The van der Waals surface area contributed by atoms with Gasteiger partial charge in [-0.3, -0.25) is 19.9 Å². The van der Waals surface area contributed by atoms with Crippen LogP contribution in [0.4, 0.5) is 20.3 Å². The summed E-state index contributed by atoms with van der Waals surface area (Å²) in [6.45, 7) is 1.53. The van der Waals surface area contributed by atoms with E-state index in [0.717, 1.165) is 0 Å². The Kier molecular flexibility index (Phi) is 3.60. The molecule has 11 heteroatoms. The highest BCUT2D eigenvalue weighted by atomic mass is 32.2. The van der Waals surface area contributed by atoms with Crippen LogP contribution < -0.4 is 4.72 Å². The van der Waals surface area contributed by atoms with Crippen LogP contribution in [-0.4, -0.2) is 23.5 Å². The van der Waals surface area contributed by atoms with Crippen molar-refractivity contribution in [1.29, 1.82) is 0 Å². The molecule has 8 nitrogen and oxygen atoms in total. The van der Waals surface area contributed by atoms with Crippen LogP contribution in [0.5, 0.6) is 0 Å². The number of H-pyrrole nitrogens is 1. The summed E-state index contributed by atoms with van der Waals surface area (Å²) in [6, 6.07) is 0.464. The van der Waals surface area contributed by atoms with E-state index in [1.165, 1.54) is 13.1 Å². The molecule has 0 saturated carbocycles. The molecule has 0 saturated heterocycles. The Balaban J connectivity index is 2.52. The fraction of sp³-hybridized carbons (Fsp3) is 0.100. The zero-order chi connectivity index (χ0) is 15.8. The highest BCUT2D eigenvalue weighted by Crippen LogP contribution is 2.26. The van der Waals surface area contributed by atoms with Crippen LogP contribution in [0, 0.1) is 28.7 Å². The number of anilines is 1. The standard InChI is InChI=1S/C10H8F2N4O4S/c1-5-4-13-14-10(5)15-21(19,20)9-3-8(16(17)18)6(11)2-7(9)12/h2-4H,1H3,(H2,13,14,15). The molecule has 1 aromatic carbocycles. The lowest BCUT2D eigenvalue weighted by Crippen LogP contribution is -2.16. The predicted octanol–water partition coefficient (Wildman–Crippen LogP) is 1.71. The number of rotatable bonds is 4. The van der Waals surface area contributed by atoms with Gasteiger partial charge in [0.2, 0.25) is 5.82 Å². The van der Waals surface area contributed by atoms with Crippen LogP contribution in [0.15, 0.2) is 23.2 Å². The molecule has 1 aromatic heterocycles. The number of nitro benzene ring substituents is 1. The molecule has 0 fully saturated rings. The Bertz CT molecular complexity index is 818. The third kappa shape index (κ3) is 2.81. The van der Waals surface area contributed by atoms with Gasteiger partial charge in [-0.15, -0.1) is 0 Å². The minimum absolute atomic E-state index is 0.0265. The quantitative estimate of drug-likeness (QED) is 0.657. The Morgan fingerprint density at radius 1 is 1.33 bits per heavy atom. The van der Waals surface area contributed by atoms with Gasteiger partial charge in [0.25, 0.3) is 10.0 Å². The topological polar surface area (TPSA) is 118 Å². The van der Waals surface area contributed by atoms with Crippen molar-refractivity contribution in [3.8, 4) is 0 Å². The molecule has 112 valence electrons. The first kappa shape index (κ1) is 14.8. The number of nitrogens with zero attached hydrogens (tertiary/aromatic N) is 2. The van der Waals surface area contributed by atoms with E-state index in [4.69, 9.17) is 0 Å². The number of nitrogens with one attached hydrogen (secondary N) is 2. The Labute approximate surface area is 117 Å². The van der Waals surface area contributed by atoms with Crippen molar-refractivity contribution in [3.63, 3.8) is 0 Å². The highest BCUT2D eigenvalue weighted by Gasteiger charge is 2.27. The minimum atomic E-state index is -4.48. The largest absolute Gasteiger partial charge is 0.306 e. The zero-order valence-corrected chi connectivity index (χ0v) is 11.2. The summed E-state index contributed by atoms with van der Waals surface area (Å²) >= 11 is 0. The molecule has 0 spiro atoms. The van der Waals surface area contributed by atoms with Crippen molar-refractivity contribution in [2.45, 2.75) is 11.8 Å². The van der Waals surface area contributed by atoms with Crippen molar-refractivity contribution in [1.82, 2.24) is 10.2 Å². The summed E-state index contributed by atoms with van der Waals surface area (Å²) < 4.78 is 52.8. The first-order valence-electron chi connectivity index (χ1n) is 5.38. The first-order valence-corrected chi connectivity index (χ1v) is 6.87. The van der Waals surface area contributed by atoms with Crippen molar-refractivity contribution in [2.75, 3.05) is 4.72 Å². The lowest BCUT2D eigenvalue weighted by atomic mass is 10.3. The van der Waals surface area contributed by atoms with Crippen molar-refractivity contribution in [3.05, 3.63) is 45.6 Å². The predicted molar refractivity (Wildman–Crippen MR) is 67.1 cm³/mol. The zero-order valence-electron chi connectivity index (χ0n) is 10.4. The van der Waals surface area contributed by atoms with E-state index >= 15 is 0 Å². The monoisotopic (exact) mass is 318 g/mol. The SMILES string of the molecule is Cc1cn[nH]c1NS(=O)(=O)c1cc([N+](=O)[O-])c(F)cc1F. The number of aromatic amines is 1. The molecule has 2 aromatic rings. The summed E-state index contributed by atoms with van der Waals surface area (Å²) in [7, 11) is -4.48. The number of aromatic nitrogens is 2. The van der Waals surface area contributed by atoms with E-state index in [9.17, 15) is 27.3 Å². The number of sulfonamides is 1. The Morgan fingerprint density at radius 3 is 2.52 bits per heavy atom. The van der Waals surface area contributed by atoms with Gasteiger partial charge in [-0.05, 0) is 6.92 Å². The summed E-state index contributed by atoms with van der Waals surface area (Å²) in [5.74, 6) is -2.93. The molecule has 0 bridgehead atoms. The fourth-order valence-electron chi connectivity index (χ4n) is 1.50. The molecule has 0 aliphatic carbocycles. The van der Waals surface area contributed by atoms with Crippen LogP contribution in [0.2, 0.25) is 0 Å². The second kappa shape index (κ2) is 5.09. The number of hydrogen-bond acceptors (Lipinski definition) is 5. The number of nitro groups is 1. The van der Waals surface area contributed by atoms with Gasteiger partial charge in [0, 0.05) is 17.7 Å². The van der Waals surface area contributed by atoms with Crippen molar-refractivity contribution in [2.24, 2.45) is 0 Å². The number of halogens is 2. The molecule has 0 atom stereocenters. The van der Waals surface area contributed by atoms with E-state index in [2.05, 4.69) is 10.2 Å². The maximum Gasteiger partial charge on any atom is 0.306 e. The second-order valence-corrected chi connectivity index (χ2v) is 5.68. The van der Waals surface area contributed by atoms with E-state index < -0.39 is 37.2 Å². The van der Waals surface area contributed by atoms with Gasteiger partial charge in [0.1, 0.15) is 16.5 Å². The smallest absolute Gasteiger partial charge is 0.263 e. The molecule has 0 radical (unpaired) electrons. The molecule has 0 amide bonds. The molecule has 2 N–H and O–H groups in total. The molecular formula is C10H8F2N4O4S. The van der Waals surface area contributed by atoms with Gasteiger partial charge in [-0.2, -0.15) is 9.49 Å². The maximum absolute atomic E-state index is 13.6. The average Bonchev–Trinajstić information content (AvgIpc) is 2.73. The lowest BCUT2D eigenvalue weighted by molar-refractivity contribution is -0.387. The van der Waals surface area contributed by atoms with Crippen molar-refractivity contribution < 1.29 is 22.1 Å². The maximum atomic E-state index is 13.6. The highest BCUT2D eigenvalue weighted by molar-refractivity contribution is 7.92. The number of benzene rings is 1. The first-order chi connectivity index (χ1) is 9.72. The summed E-state index contributed by atoms with van der Waals surface area (Å²) in [5, 5.41) is 16.5. The third-order valence-corrected chi connectivity index (χ3v) is 3.92. The van der Waals surface area contributed by atoms with Gasteiger partial charge in [0.15, 0.2) is 0 Å². The summed E-state index contributed by atoms with van der Waals surface area (Å²) in [4.78, 5) is 8.41. The van der Waals surface area contributed by atoms with Crippen molar-refractivity contribution >= 4 is 21.5 Å². The average molecular weight is 318 g/mol. The third-order valence-electron chi connectivity index (χ3n) is 2.55. The lowest BCUT2D eigenvalue weighted by Gasteiger charge is -2.08. The Hall–Kier alpha value is -2.56. The molecule has 0 aliphatic rings. The normalized spacial score (nSPS) is 11.4. The van der Waals surface area contributed by atoms with Gasteiger partial charge >= 0.3 is 5.69 Å². The number of hydrogen-bond donors (Lipinski definition) is 2. The van der Waals surface area contributed by atoms with Crippen LogP contribution in [0.1, 0.15) is 5.56 Å².